The Bertz CT molecular complexity index is 984. The molecular formula is C24H25N2O3+. The average Bonchev–Trinajstić information content (AvgIpc) is 2.73. The summed E-state index contributed by atoms with van der Waals surface area (Å²) >= 11 is 0. The van der Waals surface area contributed by atoms with Gasteiger partial charge in [0, 0.05) is 23.9 Å². The third kappa shape index (κ3) is 5.94. The number of hydrogen-bond donors (Lipinski definition) is 1. The van der Waals surface area contributed by atoms with Crippen molar-refractivity contribution in [1.82, 2.24) is 0 Å². The number of rotatable bonds is 8. The zero-order valence-electron chi connectivity index (χ0n) is 16.7. The Morgan fingerprint density at radius 3 is 2.52 bits per heavy atom. The van der Waals surface area contributed by atoms with E-state index in [0.717, 1.165) is 16.9 Å². The summed E-state index contributed by atoms with van der Waals surface area (Å²) in [5.74, 6) is 0.927. The predicted molar refractivity (Wildman–Crippen MR) is 115 cm³/mol. The van der Waals surface area contributed by atoms with Crippen LogP contribution in [-0.4, -0.2) is 19.1 Å². The molecule has 1 amide bonds. The van der Waals surface area contributed by atoms with E-state index in [1.54, 1.807) is 0 Å². The average molecular weight is 389 g/mol. The lowest BCUT2D eigenvalue weighted by Crippen LogP contribution is -2.30. The number of aromatic nitrogens is 1. The van der Waals surface area contributed by atoms with Crippen LogP contribution in [0.15, 0.2) is 72.9 Å². The summed E-state index contributed by atoms with van der Waals surface area (Å²) < 4.78 is 13.4. The van der Waals surface area contributed by atoms with Crippen LogP contribution in [0.5, 0.6) is 11.5 Å². The third-order valence-electron chi connectivity index (χ3n) is 4.23. The summed E-state index contributed by atoms with van der Waals surface area (Å²) in [6, 6.07) is 21.0. The predicted octanol–water partition coefficient (Wildman–Crippen LogP) is 4.10. The van der Waals surface area contributed by atoms with E-state index < -0.39 is 0 Å². The van der Waals surface area contributed by atoms with Crippen LogP contribution in [0.2, 0.25) is 0 Å². The van der Waals surface area contributed by atoms with Crippen molar-refractivity contribution in [3.63, 3.8) is 0 Å². The topological polar surface area (TPSA) is 51.4 Å². The SMILES string of the molecule is CCOc1cc(/C=C/c2cccc[n+]2C)ccc1OCC(=O)Nc1ccccc1. The maximum Gasteiger partial charge on any atom is 0.262 e. The molecule has 1 aromatic heterocycles. The standard InChI is InChI=1S/C24H24N2O3/c1-3-28-23-17-19(12-14-21-11-7-8-16-26(21)2)13-15-22(23)29-18-24(27)25-20-9-5-4-6-10-20/h4-17H,3,18H2,1-2H3/p+1/b14-12+. The first-order valence-electron chi connectivity index (χ1n) is 9.53. The minimum atomic E-state index is -0.223. The molecule has 0 aliphatic carbocycles. The van der Waals surface area contributed by atoms with Gasteiger partial charge in [-0.3, -0.25) is 4.79 Å². The molecular weight excluding hydrogens is 364 g/mol. The van der Waals surface area contributed by atoms with Crippen molar-refractivity contribution >= 4 is 23.7 Å². The van der Waals surface area contributed by atoms with Crippen LogP contribution in [0.3, 0.4) is 0 Å². The third-order valence-corrected chi connectivity index (χ3v) is 4.23. The molecule has 29 heavy (non-hydrogen) atoms. The number of carbonyl (C=O) groups is 1. The van der Waals surface area contributed by atoms with E-state index >= 15 is 0 Å². The molecule has 2 aromatic carbocycles. The van der Waals surface area contributed by atoms with Gasteiger partial charge in [0.1, 0.15) is 7.05 Å². The molecule has 0 fully saturated rings. The fourth-order valence-corrected chi connectivity index (χ4v) is 2.77. The van der Waals surface area contributed by atoms with Gasteiger partial charge < -0.3 is 14.8 Å². The highest BCUT2D eigenvalue weighted by Crippen LogP contribution is 2.29. The van der Waals surface area contributed by atoms with Gasteiger partial charge in [0.15, 0.2) is 24.3 Å². The number of amides is 1. The Balaban J connectivity index is 1.67. The Labute approximate surface area is 171 Å². The Hall–Kier alpha value is -3.60. The van der Waals surface area contributed by atoms with Gasteiger partial charge in [0.2, 0.25) is 5.69 Å². The van der Waals surface area contributed by atoms with Crippen molar-refractivity contribution in [2.75, 3.05) is 18.5 Å². The number of carbonyl (C=O) groups excluding carboxylic acids is 1. The molecule has 0 unspecified atom stereocenters. The van der Waals surface area contributed by atoms with Gasteiger partial charge in [0.05, 0.1) is 6.61 Å². The molecule has 3 aromatic rings. The van der Waals surface area contributed by atoms with E-state index in [9.17, 15) is 4.79 Å². The van der Waals surface area contributed by atoms with E-state index in [1.807, 2.05) is 104 Å². The lowest BCUT2D eigenvalue weighted by atomic mass is 10.1. The number of anilines is 1. The molecule has 0 radical (unpaired) electrons. The van der Waals surface area contributed by atoms with Crippen molar-refractivity contribution in [3.05, 3.63) is 84.2 Å². The van der Waals surface area contributed by atoms with E-state index in [4.69, 9.17) is 9.47 Å². The van der Waals surface area contributed by atoms with Gasteiger partial charge in [-0.1, -0.05) is 24.3 Å². The highest BCUT2D eigenvalue weighted by atomic mass is 16.5. The molecule has 0 atom stereocenters. The first kappa shape index (κ1) is 20.1. The van der Waals surface area contributed by atoms with E-state index in [2.05, 4.69) is 5.32 Å². The van der Waals surface area contributed by atoms with E-state index in [1.165, 1.54) is 0 Å². The summed E-state index contributed by atoms with van der Waals surface area (Å²) in [7, 11) is 2.00. The lowest BCUT2D eigenvalue weighted by molar-refractivity contribution is -0.673. The molecule has 0 saturated heterocycles. The molecule has 1 N–H and O–H groups in total. The smallest absolute Gasteiger partial charge is 0.262 e. The van der Waals surface area contributed by atoms with Gasteiger partial charge >= 0.3 is 0 Å². The zero-order chi connectivity index (χ0) is 20.5. The quantitative estimate of drug-likeness (QED) is 0.590. The Kier molecular flexibility index (Phi) is 7.00. The molecule has 0 aliphatic rings. The Morgan fingerprint density at radius 2 is 1.76 bits per heavy atom. The maximum atomic E-state index is 12.1. The van der Waals surface area contributed by atoms with Gasteiger partial charge in [-0.2, -0.15) is 0 Å². The fraction of sp³-hybridized carbons (Fsp3) is 0.167. The number of pyridine rings is 1. The number of para-hydroxylation sites is 1. The fourth-order valence-electron chi connectivity index (χ4n) is 2.77. The number of ether oxygens (including phenoxy) is 2. The lowest BCUT2D eigenvalue weighted by Gasteiger charge is -2.12. The number of nitrogens with one attached hydrogen (secondary N) is 1. The van der Waals surface area contributed by atoms with Crippen LogP contribution in [0.4, 0.5) is 5.69 Å². The highest BCUT2D eigenvalue weighted by molar-refractivity contribution is 5.91. The first-order chi connectivity index (χ1) is 14.2. The molecule has 3 rings (SSSR count). The molecule has 5 nitrogen and oxygen atoms in total. The second-order valence-corrected chi connectivity index (χ2v) is 6.41. The van der Waals surface area contributed by atoms with Crippen LogP contribution >= 0.6 is 0 Å². The van der Waals surface area contributed by atoms with Crippen LogP contribution in [0, 0.1) is 0 Å². The summed E-state index contributed by atoms with van der Waals surface area (Å²) in [4.78, 5) is 12.1. The van der Waals surface area contributed by atoms with Crippen molar-refractivity contribution < 1.29 is 18.8 Å². The number of aryl methyl sites for hydroxylation is 1. The maximum absolute atomic E-state index is 12.1. The minimum Gasteiger partial charge on any atom is -0.490 e. The van der Waals surface area contributed by atoms with Gasteiger partial charge in [-0.05, 0) is 48.9 Å². The van der Waals surface area contributed by atoms with Crippen molar-refractivity contribution in [2.45, 2.75) is 6.92 Å². The van der Waals surface area contributed by atoms with E-state index in [-0.39, 0.29) is 12.5 Å². The molecule has 0 aliphatic heterocycles. The molecule has 0 spiro atoms. The van der Waals surface area contributed by atoms with Crippen LogP contribution in [-0.2, 0) is 11.8 Å². The molecule has 148 valence electrons. The minimum absolute atomic E-state index is 0.0932. The molecule has 1 heterocycles. The van der Waals surface area contributed by atoms with Crippen LogP contribution in [0.25, 0.3) is 12.2 Å². The van der Waals surface area contributed by atoms with Crippen molar-refractivity contribution in [1.29, 1.82) is 0 Å². The van der Waals surface area contributed by atoms with E-state index in [0.29, 0.717) is 18.1 Å². The number of hydrogen-bond acceptors (Lipinski definition) is 3. The Morgan fingerprint density at radius 1 is 0.966 bits per heavy atom. The summed E-state index contributed by atoms with van der Waals surface area (Å²) in [5.41, 5.74) is 2.81. The monoisotopic (exact) mass is 389 g/mol. The normalized spacial score (nSPS) is 10.7. The zero-order valence-corrected chi connectivity index (χ0v) is 16.7. The van der Waals surface area contributed by atoms with Crippen molar-refractivity contribution in [3.8, 4) is 11.5 Å². The molecule has 5 heteroatoms. The van der Waals surface area contributed by atoms with Gasteiger partial charge in [0.25, 0.3) is 5.91 Å². The summed E-state index contributed by atoms with van der Waals surface area (Å²) in [6.07, 6.45) is 6.06. The van der Waals surface area contributed by atoms with Crippen LogP contribution in [0.1, 0.15) is 18.2 Å². The van der Waals surface area contributed by atoms with Gasteiger partial charge in [-0.25, -0.2) is 4.57 Å². The largest absolute Gasteiger partial charge is 0.490 e. The molecule has 0 saturated carbocycles. The van der Waals surface area contributed by atoms with Crippen molar-refractivity contribution in [2.24, 2.45) is 7.05 Å². The number of benzene rings is 2. The van der Waals surface area contributed by atoms with Gasteiger partial charge in [-0.15, -0.1) is 0 Å². The molecule has 0 bridgehead atoms. The second-order valence-electron chi connectivity index (χ2n) is 6.41. The second kappa shape index (κ2) is 10.1. The summed E-state index contributed by atoms with van der Waals surface area (Å²) in [6.45, 7) is 2.33. The number of nitrogens with zero attached hydrogens (tertiary/aromatic N) is 1. The first-order valence-corrected chi connectivity index (χ1v) is 9.53. The highest BCUT2D eigenvalue weighted by Gasteiger charge is 2.09. The summed E-state index contributed by atoms with van der Waals surface area (Å²) in [5, 5.41) is 2.80. The van der Waals surface area contributed by atoms with Crippen LogP contribution < -0.4 is 19.4 Å².